The number of H-pyrrole nitrogens is 1. The Morgan fingerprint density at radius 3 is 2.93 bits per heavy atom. The molecule has 2 aromatic carbocycles. The van der Waals surface area contributed by atoms with Crippen molar-refractivity contribution < 1.29 is 5.11 Å². The Labute approximate surface area is 161 Å². The molecule has 3 aromatic rings. The molecule has 140 valence electrons. The van der Waals surface area contributed by atoms with Crippen molar-refractivity contribution in [2.75, 3.05) is 19.6 Å². The van der Waals surface area contributed by atoms with Crippen LogP contribution in [0.5, 0.6) is 5.75 Å². The lowest BCUT2D eigenvalue weighted by atomic mass is 9.58. The summed E-state index contributed by atoms with van der Waals surface area (Å²) in [6.07, 6.45) is 4.54. The number of piperidine rings is 1. The van der Waals surface area contributed by atoms with Gasteiger partial charge in [-0.2, -0.15) is 0 Å². The Hall–Kier alpha value is -2.26. The second-order valence-corrected chi connectivity index (χ2v) is 8.46. The van der Waals surface area contributed by atoms with Crippen LogP contribution in [0, 0.1) is 5.92 Å². The van der Waals surface area contributed by atoms with E-state index < -0.39 is 0 Å². The number of likely N-dealkylation sites (tertiary alicyclic amines) is 1. The fraction of sp³-hybridized carbons (Fsp3) is 0.417. The van der Waals surface area contributed by atoms with E-state index in [2.05, 4.69) is 47.1 Å². The number of aromatic amines is 1. The van der Waals surface area contributed by atoms with Crippen molar-refractivity contribution in [3.05, 3.63) is 65.4 Å². The third-order valence-corrected chi connectivity index (χ3v) is 6.94. The molecule has 3 heteroatoms. The van der Waals surface area contributed by atoms with Crippen LogP contribution in [0.3, 0.4) is 0 Å². The van der Waals surface area contributed by atoms with Crippen LogP contribution >= 0.6 is 0 Å². The number of nitrogens with one attached hydrogen (secondary N) is 1. The lowest BCUT2D eigenvalue weighted by Crippen LogP contribution is -2.53. The number of para-hydroxylation sites is 1. The molecule has 5 rings (SSSR count). The number of phenolic OH excluding ortho intramolecular Hbond substituents is 1. The van der Waals surface area contributed by atoms with E-state index in [4.69, 9.17) is 0 Å². The molecule has 2 aliphatic rings. The highest BCUT2D eigenvalue weighted by Gasteiger charge is 2.47. The van der Waals surface area contributed by atoms with Crippen LogP contribution in [0.15, 0.2) is 48.5 Å². The van der Waals surface area contributed by atoms with Crippen molar-refractivity contribution in [1.82, 2.24) is 9.88 Å². The number of aromatic nitrogens is 1. The van der Waals surface area contributed by atoms with Crippen LogP contribution in [0.2, 0.25) is 0 Å². The first-order chi connectivity index (χ1) is 13.2. The first-order valence-corrected chi connectivity index (χ1v) is 10.3. The highest BCUT2D eigenvalue weighted by Crippen LogP contribution is 2.49. The fourth-order valence-corrected chi connectivity index (χ4v) is 5.65. The Morgan fingerprint density at radius 1 is 1.19 bits per heavy atom. The number of fused-ring (bicyclic) bond motifs is 4. The van der Waals surface area contributed by atoms with E-state index in [-0.39, 0.29) is 5.41 Å². The van der Waals surface area contributed by atoms with Gasteiger partial charge in [-0.15, -0.1) is 0 Å². The normalized spacial score (nSPS) is 25.3. The fourth-order valence-electron chi connectivity index (χ4n) is 5.65. The monoisotopic (exact) mass is 360 g/mol. The van der Waals surface area contributed by atoms with Gasteiger partial charge in [0.25, 0.3) is 0 Å². The standard InChI is InChI=1S/C24H28N2O/c1-2-11-26-12-10-24(17-6-5-7-19(27)13-17)15-23-21(14-18(24)16-26)20-8-3-4-9-22(20)25-23/h3-9,13,18,25,27H,2,10-12,14-16H2,1H3. The molecule has 1 aromatic heterocycles. The van der Waals surface area contributed by atoms with Crippen molar-refractivity contribution in [3.8, 4) is 5.75 Å². The highest BCUT2D eigenvalue weighted by molar-refractivity contribution is 5.85. The summed E-state index contributed by atoms with van der Waals surface area (Å²) in [5.41, 5.74) is 5.62. The van der Waals surface area contributed by atoms with E-state index in [9.17, 15) is 5.11 Å². The molecule has 1 saturated heterocycles. The zero-order chi connectivity index (χ0) is 18.4. The van der Waals surface area contributed by atoms with Gasteiger partial charge in [0, 0.05) is 28.6 Å². The zero-order valence-electron chi connectivity index (χ0n) is 16.0. The summed E-state index contributed by atoms with van der Waals surface area (Å²) >= 11 is 0. The van der Waals surface area contributed by atoms with Crippen LogP contribution < -0.4 is 0 Å². The third-order valence-electron chi connectivity index (χ3n) is 6.94. The zero-order valence-corrected chi connectivity index (χ0v) is 16.0. The summed E-state index contributed by atoms with van der Waals surface area (Å²) in [6, 6.07) is 16.8. The minimum atomic E-state index is 0.122. The molecule has 3 nitrogen and oxygen atoms in total. The molecule has 0 saturated carbocycles. The SMILES string of the molecule is CCCN1CCC2(c3cccc(O)c3)Cc3[nH]c4ccccc4c3CC2C1. The van der Waals surface area contributed by atoms with Crippen LogP contribution in [-0.4, -0.2) is 34.6 Å². The Balaban J connectivity index is 1.63. The molecule has 0 bridgehead atoms. The van der Waals surface area contributed by atoms with Crippen molar-refractivity contribution in [1.29, 1.82) is 0 Å². The van der Waals surface area contributed by atoms with Gasteiger partial charge >= 0.3 is 0 Å². The average Bonchev–Trinajstić information content (AvgIpc) is 3.03. The molecule has 2 N–H and O–H groups in total. The van der Waals surface area contributed by atoms with Gasteiger partial charge < -0.3 is 15.0 Å². The third kappa shape index (κ3) is 2.68. The molecular weight excluding hydrogens is 332 g/mol. The minimum Gasteiger partial charge on any atom is -0.508 e. The molecule has 0 amide bonds. The largest absolute Gasteiger partial charge is 0.508 e. The first-order valence-electron chi connectivity index (χ1n) is 10.3. The van der Waals surface area contributed by atoms with Crippen molar-refractivity contribution in [3.63, 3.8) is 0 Å². The molecule has 0 radical (unpaired) electrons. The second kappa shape index (κ2) is 6.42. The van der Waals surface area contributed by atoms with Gasteiger partial charge in [0.1, 0.15) is 5.75 Å². The van der Waals surface area contributed by atoms with Crippen LogP contribution in [0.4, 0.5) is 0 Å². The quantitative estimate of drug-likeness (QED) is 0.714. The molecule has 2 atom stereocenters. The van der Waals surface area contributed by atoms with Gasteiger partial charge in [0.05, 0.1) is 0 Å². The molecule has 1 fully saturated rings. The number of nitrogens with zero attached hydrogens (tertiary/aromatic N) is 1. The molecule has 1 aliphatic heterocycles. The van der Waals surface area contributed by atoms with E-state index in [1.807, 2.05) is 12.1 Å². The first kappa shape index (κ1) is 16.9. The number of aromatic hydroxyl groups is 1. The van der Waals surface area contributed by atoms with Gasteiger partial charge in [-0.1, -0.05) is 37.3 Å². The average molecular weight is 361 g/mol. The topological polar surface area (TPSA) is 39.3 Å². The maximum atomic E-state index is 10.2. The van der Waals surface area contributed by atoms with E-state index >= 15 is 0 Å². The van der Waals surface area contributed by atoms with E-state index in [1.54, 1.807) is 6.07 Å². The number of rotatable bonds is 3. The second-order valence-electron chi connectivity index (χ2n) is 8.46. The number of hydrogen-bond donors (Lipinski definition) is 2. The van der Waals surface area contributed by atoms with Gasteiger partial charge in [-0.25, -0.2) is 0 Å². The van der Waals surface area contributed by atoms with Crippen molar-refractivity contribution in [2.24, 2.45) is 5.92 Å². The van der Waals surface area contributed by atoms with Gasteiger partial charge in [-0.05, 0) is 74.0 Å². The number of benzene rings is 2. The lowest BCUT2D eigenvalue weighted by Gasteiger charge is -2.51. The molecule has 2 unspecified atom stereocenters. The number of hydrogen-bond acceptors (Lipinski definition) is 2. The summed E-state index contributed by atoms with van der Waals surface area (Å²) in [4.78, 5) is 6.36. The minimum absolute atomic E-state index is 0.122. The van der Waals surface area contributed by atoms with Crippen molar-refractivity contribution >= 4 is 10.9 Å². The summed E-state index contributed by atoms with van der Waals surface area (Å²) < 4.78 is 0. The van der Waals surface area contributed by atoms with Crippen LogP contribution in [0.25, 0.3) is 10.9 Å². The lowest BCUT2D eigenvalue weighted by molar-refractivity contribution is 0.0815. The summed E-state index contributed by atoms with van der Waals surface area (Å²) in [7, 11) is 0. The number of phenols is 1. The predicted molar refractivity (Wildman–Crippen MR) is 110 cm³/mol. The summed E-state index contributed by atoms with van der Waals surface area (Å²) in [5, 5.41) is 11.6. The van der Waals surface area contributed by atoms with Gasteiger partial charge in [0.15, 0.2) is 0 Å². The molecule has 27 heavy (non-hydrogen) atoms. The van der Waals surface area contributed by atoms with Gasteiger partial charge in [0.2, 0.25) is 0 Å². The van der Waals surface area contributed by atoms with Crippen LogP contribution in [-0.2, 0) is 18.3 Å². The van der Waals surface area contributed by atoms with Gasteiger partial charge in [-0.3, -0.25) is 0 Å². The summed E-state index contributed by atoms with van der Waals surface area (Å²) in [5.74, 6) is 0.977. The van der Waals surface area contributed by atoms with E-state index in [0.717, 1.165) is 32.4 Å². The smallest absolute Gasteiger partial charge is 0.115 e. The Kier molecular flexibility index (Phi) is 4.01. The molecular formula is C24H28N2O. The molecule has 1 aliphatic carbocycles. The van der Waals surface area contributed by atoms with Crippen molar-refractivity contribution in [2.45, 2.75) is 38.0 Å². The van der Waals surface area contributed by atoms with Crippen LogP contribution in [0.1, 0.15) is 36.6 Å². The molecule has 0 spiro atoms. The highest BCUT2D eigenvalue weighted by atomic mass is 16.3. The predicted octanol–water partition coefficient (Wildman–Crippen LogP) is 4.64. The summed E-state index contributed by atoms with van der Waals surface area (Å²) in [6.45, 7) is 5.76. The Morgan fingerprint density at radius 2 is 2.07 bits per heavy atom. The maximum Gasteiger partial charge on any atom is 0.115 e. The Bertz CT molecular complexity index is 975. The van der Waals surface area contributed by atoms with E-state index in [1.165, 1.54) is 40.7 Å². The maximum absolute atomic E-state index is 10.2. The molecule has 2 heterocycles. The van der Waals surface area contributed by atoms with E-state index in [0.29, 0.717) is 11.7 Å².